The highest BCUT2D eigenvalue weighted by Crippen LogP contribution is 2.44. The average Bonchev–Trinajstić information content (AvgIpc) is 3.45. The molecule has 1 aliphatic heterocycles. The first-order valence-electron chi connectivity index (χ1n) is 14.4. The minimum Gasteiger partial charge on any atom is -0.488 e. The standard InChI is InChI=1S/C34H38N2O7/c1-33(2,3)43-22-16-14-21(15-17-22)18-28(30(37)36-29(31(38)39)20-42-34(36,4)5)35-32(40)41-19-27-25-12-8-6-10-23(25)24-11-7-9-13-26(24)27/h6-17,27-29H,18-20H2,1-5H3,(H,35,40)(H,38,39)/t28-,29+/m0/s1. The Morgan fingerprint density at radius 1 is 0.977 bits per heavy atom. The van der Waals surface area contributed by atoms with E-state index < -0.39 is 35.8 Å². The van der Waals surface area contributed by atoms with Crippen LogP contribution in [0.4, 0.5) is 4.79 Å². The van der Waals surface area contributed by atoms with Crippen LogP contribution in [0.3, 0.4) is 0 Å². The zero-order chi connectivity index (χ0) is 30.9. The molecule has 0 saturated carbocycles. The summed E-state index contributed by atoms with van der Waals surface area (Å²) in [4.78, 5) is 40.4. The van der Waals surface area contributed by atoms with Crippen LogP contribution < -0.4 is 10.1 Å². The van der Waals surface area contributed by atoms with E-state index in [9.17, 15) is 19.5 Å². The number of carbonyl (C=O) groups is 3. The van der Waals surface area contributed by atoms with Gasteiger partial charge in [-0.2, -0.15) is 0 Å². The summed E-state index contributed by atoms with van der Waals surface area (Å²) in [6, 6.07) is 21.0. The maximum atomic E-state index is 13.9. The number of benzene rings is 3. The molecule has 1 heterocycles. The van der Waals surface area contributed by atoms with E-state index in [4.69, 9.17) is 14.2 Å². The first-order chi connectivity index (χ1) is 20.3. The fourth-order valence-corrected chi connectivity index (χ4v) is 5.84. The Morgan fingerprint density at radius 2 is 1.56 bits per heavy atom. The monoisotopic (exact) mass is 586 g/mol. The zero-order valence-corrected chi connectivity index (χ0v) is 25.1. The molecule has 9 nitrogen and oxygen atoms in total. The predicted molar refractivity (Wildman–Crippen MR) is 161 cm³/mol. The summed E-state index contributed by atoms with van der Waals surface area (Å²) in [7, 11) is 0. The molecule has 5 rings (SSSR count). The summed E-state index contributed by atoms with van der Waals surface area (Å²) < 4.78 is 17.3. The lowest BCUT2D eigenvalue weighted by Crippen LogP contribution is -2.58. The van der Waals surface area contributed by atoms with E-state index in [-0.39, 0.29) is 31.2 Å². The molecule has 2 aliphatic rings. The molecular weight excluding hydrogens is 548 g/mol. The summed E-state index contributed by atoms with van der Waals surface area (Å²) in [5.41, 5.74) is 3.56. The third-order valence-electron chi connectivity index (χ3n) is 7.73. The number of amides is 2. The van der Waals surface area contributed by atoms with E-state index in [0.717, 1.165) is 27.8 Å². The van der Waals surface area contributed by atoms with Crippen molar-refractivity contribution in [3.63, 3.8) is 0 Å². The Hall–Kier alpha value is -4.37. The van der Waals surface area contributed by atoms with Gasteiger partial charge in [0, 0.05) is 12.3 Å². The van der Waals surface area contributed by atoms with Crippen molar-refractivity contribution in [3.8, 4) is 16.9 Å². The second-order valence-electron chi connectivity index (χ2n) is 12.4. The number of aliphatic carboxylic acids is 1. The second kappa shape index (κ2) is 11.7. The van der Waals surface area contributed by atoms with Crippen LogP contribution in [0.2, 0.25) is 0 Å². The highest BCUT2D eigenvalue weighted by atomic mass is 16.6. The minimum absolute atomic E-state index is 0.0790. The topological polar surface area (TPSA) is 114 Å². The Morgan fingerprint density at radius 3 is 2.12 bits per heavy atom. The van der Waals surface area contributed by atoms with Gasteiger partial charge in [0.1, 0.15) is 29.7 Å². The number of rotatable bonds is 8. The van der Waals surface area contributed by atoms with Crippen molar-refractivity contribution in [3.05, 3.63) is 89.5 Å². The number of carboxylic acid groups (broad SMARTS) is 1. The smallest absolute Gasteiger partial charge is 0.407 e. The summed E-state index contributed by atoms with van der Waals surface area (Å²) in [6.07, 6.45) is -0.657. The van der Waals surface area contributed by atoms with Crippen molar-refractivity contribution in [2.75, 3.05) is 13.2 Å². The van der Waals surface area contributed by atoms with Crippen molar-refractivity contribution in [2.45, 2.75) is 70.4 Å². The highest BCUT2D eigenvalue weighted by molar-refractivity contribution is 5.90. The molecule has 2 N–H and O–H groups in total. The van der Waals surface area contributed by atoms with Gasteiger partial charge in [-0.15, -0.1) is 0 Å². The van der Waals surface area contributed by atoms with Crippen LogP contribution in [-0.2, 0) is 25.5 Å². The maximum Gasteiger partial charge on any atom is 0.407 e. The third-order valence-corrected chi connectivity index (χ3v) is 7.73. The second-order valence-corrected chi connectivity index (χ2v) is 12.4. The van der Waals surface area contributed by atoms with Gasteiger partial charge in [-0.25, -0.2) is 9.59 Å². The van der Waals surface area contributed by atoms with Crippen LogP contribution in [-0.4, -0.2) is 64.6 Å². The molecule has 0 radical (unpaired) electrons. The van der Waals surface area contributed by atoms with E-state index in [1.807, 2.05) is 69.3 Å². The van der Waals surface area contributed by atoms with Gasteiger partial charge < -0.3 is 24.6 Å². The average molecular weight is 587 g/mol. The van der Waals surface area contributed by atoms with Crippen molar-refractivity contribution < 1.29 is 33.7 Å². The molecule has 226 valence electrons. The van der Waals surface area contributed by atoms with E-state index >= 15 is 0 Å². The lowest BCUT2D eigenvalue weighted by atomic mass is 9.98. The molecule has 9 heteroatoms. The van der Waals surface area contributed by atoms with Crippen LogP contribution in [0.1, 0.15) is 57.2 Å². The molecule has 2 amide bonds. The Kier molecular flexibility index (Phi) is 8.21. The lowest BCUT2D eigenvalue weighted by molar-refractivity contribution is -0.156. The number of hydrogen-bond donors (Lipinski definition) is 2. The minimum atomic E-state index is -1.18. The van der Waals surface area contributed by atoms with Crippen molar-refractivity contribution in [1.82, 2.24) is 10.2 Å². The summed E-state index contributed by atoms with van der Waals surface area (Å²) in [5, 5.41) is 12.5. The molecule has 43 heavy (non-hydrogen) atoms. The molecule has 3 aromatic carbocycles. The van der Waals surface area contributed by atoms with Gasteiger partial charge in [0.05, 0.1) is 6.61 Å². The number of carbonyl (C=O) groups excluding carboxylic acids is 2. The van der Waals surface area contributed by atoms with E-state index in [0.29, 0.717) is 5.75 Å². The van der Waals surface area contributed by atoms with Gasteiger partial charge >= 0.3 is 12.1 Å². The van der Waals surface area contributed by atoms with Gasteiger partial charge in [-0.05, 0) is 74.6 Å². The maximum absolute atomic E-state index is 13.9. The molecular formula is C34H38N2O7. The Bertz CT molecular complexity index is 1460. The highest BCUT2D eigenvalue weighted by Gasteiger charge is 2.49. The van der Waals surface area contributed by atoms with E-state index in [2.05, 4.69) is 17.4 Å². The van der Waals surface area contributed by atoms with Gasteiger partial charge in [0.2, 0.25) is 5.91 Å². The number of ether oxygens (including phenoxy) is 3. The first-order valence-corrected chi connectivity index (χ1v) is 14.4. The molecule has 0 spiro atoms. The quantitative estimate of drug-likeness (QED) is 0.365. The van der Waals surface area contributed by atoms with Gasteiger partial charge in [-0.3, -0.25) is 9.69 Å². The van der Waals surface area contributed by atoms with Gasteiger partial charge in [-0.1, -0.05) is 60.7 Å². The molecule has 0 unspecified atom stereocenters. The molecule has 3 aromatic rings. The number of fused-ring (bicyclic) bond motifs is 3. The lowest BCUT2D eigenvalue weighted by Gasteiger charge is -2.35. The molecule has 0 aromatic heterocycles. The van der Waals surface area contributed by atoms with Crippen LogP contribution in [0, 0.1) is 0 Å². The van der Waals surface area contributed by atoms with Crippen LogP contribution in [0.25, 0.3) is 11.1 Å². The first kappa shape index (κ1) is 30.1. The van der Waals surface area contributed by atoms with Gasteiger partial charge in [0.15, 0.2) is 6.04 Å². The molecule has 2 atom stereocenters. The largest absolute Gasteiger partial charge is 0.488 e. The fourth-order valence-electron chi connectivity index (χ4n) is 5.84. The normalized spacial score (nSPS) is 18.0. The van der Waals surface area contributed by atoms with Gasteiger partial charge in [0.25, 0.3) is 0 Å². The molecule has 1 fully saturated rings. The van der Waals surface area contributed by atoms with E-state index in [1.165, 1.54) is 4.90 Å². The zero-order valence-electron chi connectivity index (χ0n) is 25.1. The number of alkyl carbamates (subject to hydrolysis) is 1. The van der Waals surface area contributed by atoms with Crippen molar-refractivity contribution in [2.24, 2.45) is 0 Å². The van der Waals surface area contributed by atoms with E-state index in [1.54, 1.807) is 26.0 Å². The predicted octanol–water partition coefficient (Wildman–Crippen LogP) is 5.36. The summed E-state index contributed by atoms with van der Waals surface area (Å²) in [5.74, 6) is -1.23. The van der Waals surface area contributed by atoms with Crippen LogP contribution >= 0.6 is 0 Å². The molecule has 0 bridgehead atoms. The number of carboxylic acids is 1. The Balaban J connectivity index is 1.35. The number of nitrogens with zero attached hydrogens (tertiary/aromatic N) is 1. The fraction of sp³-hybridized carbons (Fsp3) is 0.382. The molecule has 1 aliphatic carbocycles. The summed E-state index contributed by atoms with van der Waals surface area (Å²) in [6.45, 7) is 9.06. The number of hydrogen-bond acceptors (Lipinski definition) is 6. The Labute approximate surface area is 251 Å². The summed E-state index contributed by atoms with van der Waals surface area (Å²) >= 11 is 0. The van der Waals surface area contributed by atoms with Crippen LogP contribution in [0.5, 0.6) is 5.75 Å². The van der Waals surface area contributed by atoms with Crippen molar-refractivity contribution in [1.29, 1.82) is 0 Å². The van der Waals surface area contributed by atoms with Crippen LogP contribution in [0.15, 0.2) is 72.8 Å². The number of nitrogens with one attached hydrogen (secondary N) is 1. The molecule has 1 saturated heterocycles. The third kappa shape index (κ3) is 6.51. The SMILES string of the molecule is CC(C)(C)Oc1ccc(C[C@H](NC(=O)OCC2c3ccccc3-c3ccccc32)C(=O)N2[C@@H](C(=O)O)COC2(C)C)cc1. The van der Waals surface area contributed by atoms with Crippen molar-refractivity contribution >= 4 is 18.0 Å².